The molecule has 0 atom stereocenters. The molecule has 7 heteroatoms. The van der Waals surface area contributed by atoms with Crippen molar-refractivity contribution >= 4 is 23.2 Å². The molecule has 0 saturated carbocycles. The second-order valence-corrected chi connectivity index (χ2v) is 6.68. The summed E-state index contributed by atoms with van der Waals surface area (Å²) in [6.45, 7) is 7.90. The molecule has 2 aromatic rings. The van der Waals surface area contributed by atoms with Gasteiger partial charge in [-0.1, -0.05) is 30.4 Å². The van der Waals surface area contributed by atoms with E-state index in [1.807, 2.05) is 32.1 Å². The Morgan fingerprint density at radius 3 is 2.77 bits per heavy atom. The molecular weight excluding hydrogens is 391 g/mol. The van der Waals surface area contributed by atoms with Crippen LogP contribution in [0.1, 0.15) is 36.2 Å². The molecule has 0 spiro atoms. The first-order chi connectivity index (χ1) is 14.9. The number of nitriles is 1. The summed E-state index contributed by atoms with van der Waals surface area (Å²) in [4.78, 5) is 12.4. The van der Waals surface area contributed by atoms with Crippen molar-refractivity contribution in [1.29, 1.82) is 5.26 Å². The minimum Gasteiger partial charge on any atom is -0.404 e. The van der Waals surface area contributed by atoms with E-state index in [1.165, 1.54) is 24.7 Å². The average Bonchev–Trinajstić information content (AvgIpc) is 2.76. The van der Waals surface area contributed by atoms with Crippen LogP contribution in [0.25, 0.3) is 11.1 Å². The molecule has 0 unspecified atom stereocenters. The normalized spacial score (nSPS) is 12.4. The largest absolute Gasteiger partial charge is 0.404 e. The maximum absolute atomic E-state index is 14.9. The minimum atomic E-state index is -0.538. The summed E-state index contributed by atoms with van der Waals surface area (Å²) in [7, 11) is 1.58. The van der Waals surface area contributed by atoms with E-state index in [1.54, 1.807) is 19.3 Å². The first-order valence-electron chi connectivity index (χ1n) is 9.57. The number of rotatable bonds is 8. The second kappa shape index (κ2) is 11.2. The highest BCUT2D eigenvalue weighted by molar-refractivity contribution is 6.09. The Morgan fingerprint density at radius 2 is 2.16 bits per heavy atom. The number of hydrogen-bond donors (Lipinski definition) is 2. The van der Waals surface area contributed by atoms with Gasteiger partial charge in [-0.3, -0.25) is 9.98 Å². The van der Waals surface area contributed by atoms with Crippen LogP contribution in [0.2, 0.25) is 0 Å². The summed E-state index contributed by atoms with van der Waals surface area (Å²) in [5.74, 6) is -0.468. The van der Waals surface area contributed by atoms with Crippen molar-refractivity contribution in [3.05, 3.63) is 89.3 Å². The molecular formula is C24H25FN6. The zero-order chi connectivity index (χ0) is 22.8. The quantitative estimate of drug-likeness (QED) is 0.482. The zero-order valence-electron chi connectivity index (χ0n) is 17.9. The van der Waals surface area contributed by atoms with Gasteiger partial charge in [0.1, 0.15) is 6.07 Å². The van der Waals surface area contributed by atoms with E-state index >= 15 is 0 Å². The lowest BCUT2D eigenvalue weighted by Gasteiger charge is -2.11. The molecule has 2 heterocycles. The SMILES string of the molecule is C=C(C)/C=C(\C=C/C)c1ncc(CNc2nccc(C(C=NC)=CN)c2F)cc1C#N. The number of anilines is 1. The van der Waals surface area contributed by atoms with Gasteiger partial charge < -0.3 is 11.1 Å². The van der Waals surface area contributed by atoms with E-state index in [0.29, 0.717) is 22.4 Å². The van der Waals surface area contributed by atoms with E-state index in [9.17, 15) is 9.65 Å². The number of nitrogens with one attached hydrogen (secondary N) is 1. The van der Waals surface area contributed by atoms with Crippen LogP contribution in [0.5, 0.6) is 0 Å². The summed E-state index contributed by atoms with van der Waals surface area (Å²) in [5, 5.41) is 12.6. The Balaban J connectivity index is 2.32. The van der Waals surface area contributed by atoms with Gasteiger partial charge in [0.15, 0.2) is 11.6 Å². The van der Waals surface area contributed by atoms with Crippen molar-refractivity contribution in [3.8, 4) is 6.07 Å². The Morgan fingerprint density at radius 1 is 1.39 bits per heavy atom. The number of allylic oxidation sites excluding steroid dienone is 6. The molecule has 0 aliphatic rings. The summed E-state index contributed by atoms with van der Waals surface area (Å²) in [6, 6.07) is 5.44. The predicted octanol–water partition coefficient (Wildman–Crippen LogP) is 4.64. The lowest BCUT2D eigenvalue weighted by atomic mass is 10.0. The zero-order valence-corrected chi connectivity index (χ0v) is 17.9. The summed E-state index contributed by atoms with van der Waals surface area (Å²) >= 11 is 0. The number of aliphatic imine (C=N–C) groups is 1. The molecule has 2 rings (SSSR count). The molecule has 0 aliphatic heterocycles. The van der Waals surface area contributed by atoms with Crippen molar-refractivity contribution in [2.24, 2.45) is 10.7 Å². The van der Waals surface area contributed by atoms with Crippen LogP contribution < -0.4 is 11.1 Å². The van der Waals surface area contributed by atoms with E-state index in [4.69, 9.17) is 5.73 Å². The summed E-state index contributed by atoms with van der Waals surface area (Å²) in [6.07, 6.45) is 11.5. The Hall–Kier alpha value is -4.05. The van der Waals surface area contributed by atoms with Crippen molar-refractivity contribution in [2.45, 2.75) is 20.4 Å². The fourth-order valence-electron chi connectivity index (χ4n) is 2.88. The molecule has 0 aromatic carbocycles. The maximum Gasteiger partial charge on any atom is 0.173 e. The van der Waals surface area contributed by atoms with Gasteiger partial charge in [-0.15, -0.1) is 0 Å². The third-order valence-electron chi connectivity index (χ3n) is 4.19. The van der Waals surface area contributed by atoms with Gasteiger partial charge in [0.05, 0.1) is 11.3 Å². The van der Waals surface area contributed by atoms with Crippen molar-refractivity contribution in [1.82, 2.24) is 9.97 Å². The molecule has 0 amide bonds. The monoisotopic (exact) mass is 416 g/mol. The number of pyridine rings is 2. The molecule has 0 aliphatic carbocycles. The van der Waals surface area contributed by atoms with Crippen LogP contribution in [-0.2, 0) is 6.54 Å². The van der Waals surface area contributed by atoms with Gasteiger partial charge in [-0.25, -0.2) is 9.37 Å². The van der Waals surface area contributed by atoms with E-state index in [2.05, 4.69) is 32.9 Å². The van der Waals surface area contributed by atoms with E-state index in [0.717, 1.165) is 11.1 Å². The molecule has 158 valence electrons. The molecule has 3 N–H and O–H groups in total. The summed E-state index contributed by atoms with van der Waals surface area (Å²) < 4.78 is 14.9. The minimum absolute atomic E-state index is 0.0701. The highest BCUT2D eigenvalue weighted by atomic mass is 19.1. The topological polar surface area (TPSA) is 100.0 Å². The molecule has 2 aromatic heterocycles. The van der Waals surface area contributed by atoms with Crippen molar-refractivity contribution in [2.75, 3.05) is 12.4 Å². The van der Waals surface area contributed by atoms with Gasteiger partial charge in [-0.05, 0) is 31.5 Å². The third kappa shape index (κ3) is 5.97. The fourth-order valence-corrected chi connectivity index (χ4v) is 2.88. The van der Waals surface area contributed by atoms with Gasteiger partial charge >= 0.3 is 0 Å². The van der Waals surface area contributed by atoms with Crippen LogP contribution in [-0.4, -0.2) is 23.2 Å². The lowest BCUT2D eigenvalue weighted by molar-refractivity contribution is 0.621. The van der Waals surface area contributed by atoms with Crippen LogP contribution in [0.4, 0.5) is 10.2 Å². The molecule has 31 heavy (non-hydrogen) atoms. The smallest absolute Gasteiger partial charge is 0.173 e. The van der Waals surface area contributed by atoms with Gasteiger partial charge in [0, 0.05) is 55.1 Å². The van der Waals surface area contributed by atoms with Gasteiger partial charge in [0.25, 0.3) is 0 Å². The number of hydrogen-bond acceptors (Lipinski definition) is 6. The van der Waals surface area contributed by atoms with E-state index < -0.39 is 5.82 Å². The van der Waals surface area contributed by atoms with E-state index in [-0.39, 0.29) is 17.9 Å². The molecule has 6 nitrogen and oxygen atoms in total. The van der Waals surface area contributed by atoms with Crippen molar-refractivity contribution in [3.63, 3.8) is 0 Å². The highest BCUT2D eigenvalue weighted by Gasteiger charge is 2.13. The summed E-state index contributed by atoms with van der Waals surface area (Å²) in [5.41, 5.74) is 9.66. The van der Waals surface area contributed by atoms with Gasteiger partial charge in [0.2, 0.25) is 0 Å². The third-order valence-corrected chi connectivity index (χ3v) is 4.19. The van der Waals surface area contributed by atoms with Crippen LogP contribution in [0.3, 0.4) is 0 Å². The number of aromatic nitrogens is 2. The Labute approximate surface area is 182 Å². The number of nitrogens with two attached hydrogens (primary N) is 1. The second-order valence-electron chi connectivity index (χ2n) is 6.68. The molecule has 0 radical (unpaired) electrons. The molecule has 0 fully saturated rings. The number of halogens is 1. The molecule has 0 saturated heterocycles. The fraction of sp³-hybridized carbons (Fsp3) is 0.167. The van der Waals surface area contributed by atoms with Gasteiger partial charge in [-0.2, -0.15) is 5.26 Å². The van der Waals surface area contributed by atoms with Crippen LogP contribution >= 0.6 is 0 Å². The first-order valence-corrected chi connectivity index (χ1v) is 9.57. The Bertz CT molecular complexity index is 1120. The first kappa shape index (κ1) is 23.2. The van der Waals surface area contributed by atoms with Crippen LogP contribution in [0, 0.1) is 17.1 Å². The maximum atomic E-state index is 14.9. The standard InChI is InChI=1S/C24H25FN6/c1-5-6-18(9-16(2)3)23-19(11-26)10-17(13-30-23)14-31-24-22(25)21(7-8-29-24)20(12-27)15-28-4/h5-10,12-13,15H,2,14,27H2,1,3-4H3,(H,29,31)/b6-5-,18-9+,20-12?,28-15?. The lowest BCUT2D eigenvalue weighted by Crippen LogP contribution is -2.07. The highest BCUT2D eigenvalue weighted by Crippen LogP contribution is 2.23. The van der Waals surface area contributed by atoms with Crippen molar-refractivity contribution < 1.29 is 4.39 Å². The van der Waals surface area contributed by atoms with Crippen LogP contribution in [0.15, 0.2) is 66.1 Å². The Kier molecular flexibility index (Phi) is 8.41. The molecule has 0 bridgehead atoms. The average molecular weight is 417 g/mol. The predicted molar refractivity (Wildman–Crippen MR) is 125 cm³/mol. The number of nitrogens with zero attached hydrogens (tertiary/aromatic N) is 4.